The zero-order chi connectivity index (χ0) is 21.4. The van der Waals surface area contributed by atoms with E-state index in [4.69, 9.17) is 17.4 Å². The van der Waals surface area contributed by atoms with Crippen LogP contribution in [0.1, 0.15) is 32.3 Å². The van der Waals surface area contributed by atoms with Crippen LogP contribution in [0.15, 0.2) is 54.4 Å². The van der Waals surface area contributed by atoms with Gasteiger partial charge in [0.25, 0.3) is 0 Å². The lowest BCUT2D eigenvalue weighted by Crippen LogP contribution is -2.26. The average Bonchev–Trinajstić information content (AvgIpc) is 2.69. The maximum atomic E-state index is 12.3. The number of benzene rings is 2. The molecule has 0 spiro atoms. The first-order valence-corrected chi connectivity index (χ1v) is 10.0. The van der Waals surface area contributed by atoms with Crippen molar-refractivity contribution in [3.8, 4) is 0 Å². The van der Waals surface area contributed by atoms with Crippen molar-refractivity contribution in [2.75, 3.05) is 22.7 Å². The molecule has 0 aliphatic heterocycles. The lowest BCUT2D eigenvalue weighted by molar-refractivity contribution is 0.262. The van der Waals surface area contributed by atoms with Crippen LogP contribution in [-0.2, 0) is 0 Å². The summed E-state index contributed by atoms with van der Waals surface area (Å²) >= 11 is 6.09. The van der Waals surface area contributed by atoms with Crippen molar-refractivity contribution in [1.82, 2.24) is 5.32 Å². The summed E-state index contributed by atoms with van der Waals surface area (Å²) < 4.78 is 0. The molecule has 0 heterocycles. The number of hydrogen-bond donors (Lipinski definition) is 4. The molecule has 0 radical (unpaired) electrons. The second kappa shape index (κ2) is 10.7. The molecule has 2 amide bonds. The van der Waals surface area contributed by atoms with E-state index in [1.165, 1.54) is 0 Å². The van der Waals surface area contributed by atoms with Gasteiger partial charge in [-0.2, -0.15) is 0 Å². The smallest absolute Gasteiger partial charge is 0.323 e. The molecule has 0 atom stereocenters. The van der Waals surface area contributed by atoms with E-state index in [0.29, 0.717) is 22.3 Å². The molecular formula is C22H30ClN5O. The van der Waals surface area contributed by atoms with Crippen LogP contribution < -0.4 is 26.8 Å². The lowest BCUT2D eigenvalue weighted by atomic mass is 10.1. The van der Waals surface area contributed by atoms with Gasteiger partial charge in [0, 0.05) is 35.3 Å². The van der Waals surface area contributed by atoms with Gasteiger partial charge >= 0.3 is 6.03 Å². The van der Waals surface area contributed by atoms with Crippen molar-refractivity contribution in [2.24, 2.45) is 11.8 Å². The molecule has 0 aromatic heterocycles. The number of amides is 2. The average molecular weight is 416 g/mol. The predicted octanol–water partition coefficient (Wildman–Crippen LogP) is 5.47. The van der Waals surface area contributed by atoms with E-state index in [2.05, 4.69) is 29.8 Å². The number of carbonyl (C=O) groups is 1. The largest absolute Gasteiger partial charge is 0.390 e. The van der Waals surface area contributed by atoms with Gasteiger partial charge in [-0.1, -0.05) is 31.5 Å². The highest BCUT2D eigenvalue weighted by Gasteiger charge is 2.08. The van der Waals surface area contributed by atoms with Gasteiger partial charge in [-0.05, 0) is 67.6 Å². The maximum Gasteiger partial charge on any atom is 0.323 e. The Morgan fingerprint density at radius 1 is 1.17 bits per heavy atom. The fourth-order valence-electron chi connectivity index (χ4n) is 2.69. The van der Waals surface area contributed by atoms with Crippen LogP contribution in [0.2, 0.25) is 5.02 Å². The van der Waals surface area contributed by atoms with E-state index in [0.717, 1.165) is 29.8 Å². The van der Waals surface area contributed by atoms with Crippen LogP contribution in [-0.4, -0.2) is 13.1 Å². The van der Waals surface area contributed by atoms with E-state index in [9.17, 15) is 4.79 Å². The van der Waals surface area contributed by atoms with Gasteiger partial charge in [0.15, 0.2) is 0 Å². The van der Waals surface area contributed by atoms with Crippen molar-refractivity contribution in [3.63, 3.8) is 0 Å². The highest BCUT2D eigenvalue weighted by Crippen LogP contribution is 2.23. The molecule has 156 valence electrons. The normalized spacial score (nSPS) is 11.3. The SMILES string of the molecule is CN/C(=C\N(N)c1ccc(NC(=O)Nc2cccc(Cl)c2C)cc1)CCC(C)C. The van der Waals surface area contributed by atoms with Gasteiger partial charge in [-0.25, -0.2) is 10.6 Å². The topological polar surface area (TPSA) is 82.4 Å². The van der Waals surface area contributed by atoms with E-state index in [1.807, 2.05) is 32.3 Å². The number of nitrogens with two attached hydrogens (primary N) is 1. The Bertz CT molecular complexity index is 849. The molecule has 0 aliphatic rings. The van der Waals surface area contributed by atoms with Crippen molar-refractivity contribution in [3.05, 3.63) is 64.9 Å². The highest BCUT2D eigenvalue weighted by molar-refractivity contribution is 6.31. The molecule has 2 aromatic rings. The number of allylic oxidation sites excluding steroid dienone is 1. The summed E-state index contributed by atoms with van der Waals surface area (Å²) in [6, 6.07) is 12.4. The third-order valence-corrected chi connectivity index (χ3v) is 4.96. The number of anilines is 3. The van der Waals surface area contributed by atoms with Gasteiger partial charge in [0.1, 0.15) is 0 Å². The first-order valence-electron chi connectivity index (χ1n) is 9.65. The Hall–Kier alpha value is -2.70. The molecule has 7 heteroatoms. The minimum Gasteiger partial charge on any atom is -0.390 e. The van der Waals surface area contributed by atoms with Crippen LogP contribution in [0.25, 0.3) is 0 Å². The van der Waals surface area contributed by atoms with Crippen LogP contribution in [0.4, 0.5) is 21.9 Å². The molecule has 6 nitrogen and oxygen atoms in total. The number of hydrazine groups is 1. The fraction of sp³-hybridized carbons (Fsp3) is 0.318. The molecule has 0 fully saturated rings. The molecule has 0 saturated carbocycles. The lowest BCUT2D eigenvalue weighted by Gasteiger charge is -2.18. The Morgan fingerprint density at radius 3 is 2.48 bits per heavy atom. The van der Waals surface area contributed by atoms with Gasteiger partial charge in [-0.3, -0.25) is 5.01 Å². The molecule has 29 heavy (non-hydrogen) atoms. The fourth-order valence-corrected chi connectivity index (χ4v) is 2.86. The molecule has 0 aliphatic carbocycles. The Morgan fingerprint density at radius 2 is 1.86 bits per heavy atom. The van der Waals surface area contributed by atoms with Gasteiger partial charge in [0.2, 0.25) is 0 Å². The summed E-state index contributed by atoms with van der Waals surface area (Å²) in [6.45, 7) is 6.25. The molecule has 0 unspecified atom stereocenters. The number of halogens is 1. The molecule has 2 rings (SSSR count). The Kier molecular flexibility index (Phi) is 8.36. The van der Waals surface area contributed by atoms with Crippen molar-refractivity contribution >= 4 is 34.7 Å². The highest BCUT2D eigenvalue weighted by atomic mass is 35.5. The van der Waals surface area contributed by atoms with E-state index in [-0.39, 0.29) is 6.03 Å². The van der Waals surface area contributed by atoms with Crippen molar-refractivity contribution in [1.29, 1.82) is 0 Å². The molecular weight excluding hydrogens is 386 g/mol. The molecule has 0 bridgehead atoms. The first kappa shape index (κ1) is 22.6. The van der Waals surface area contributed by atoms with Gasteiger partial charge in [0.05, 0.1) is 5.69 Å². The molecule has 2 aromatic carbocycles. The summed E-state index contributed by atoms with van der Waals surface area (Å²) in [7, 11) is 1.90. The number of nitrogens with zero attached hydrogens (tertiary/aromatic N) is 1. The van der Waals surface area contributed by atoms with Crippen LogP contribution >= 0.6 is 11.6 Å². The summed E-state index contributed by atoms with van der Waals surface area (Å²) in [5.41, 5.74) is 4.05. The van der Waals surface area contributed by atoms with Crippen LogP contribution in [0, 0.1) is 12.8 Å². The monoisotopic (exact) mass is 415 g/mol. The zero-order valence-electron chi connectivity index (χ0n) is 17.4. The summed E-state index contributed by atoms with van der Waals surface area (Å²) in [5.74, 6) is 6.80. The minimum atomic E-state index is -0.334. The Balaban J connectivity index is 1.98. The van der Waals surface area contributed by atoms with E-state index in [1.54, 1.807) is 35.3 Å². The minimum absolute atomic E-state index is 0.334. The summed E-state index contributed by atoms with van der Waals surface area (Å²) in [4.78, 5) is 12.3. The van der Waals surface area contributed by atoms with E-state index >= 15 is 0 Å². The van der Waals surface area contributed by atoms with Gasteiger partial charge < -0.3 is 16.0 Å². The van der Waals surface area contributed by atoms with Crippen LogP contribution in [0.5, 0.6) is 0 Å². The number of nitrogens with one attached hydrogen (secondary N) is 3. The number of hydrogen-bond acceptors (Lipinski definition) is 4. The first-order chi connectivity index (χ1) is 13.8. The van der Waals surface area contributed by atoms with Crippen molar-refractivity contribution in [2.45, 2.75) is 33.6 Å². The van der Waals surface area contributed by atoms with Crippen molar-refractivity contribution < 1.29 is 4.79 Å². The second-order valence-electron chi connectivity index (χ2n) is 7.28. The number of carbonyl (C=O) groups excluding carboxylic acids is 1. The van der Waals surface area contributed by atoms with Gasteiger partial charge in [-0.15, -0.1) is 0 Å². The van der Waals surface area contributed by atoms with E-state index < -0.39 is 0 Å². The zero-order valence-corrected chi connectivity index (χ0v) is 18.2. The maximum absolute atomic E-state index is 12.3. The standard InChI is InChI=1S/C22H30ClN5O/c1-15(2)8-9-18(25-4)14-28(24)19-12-10-17(11-13-19)26-22(29)27-21-7-5-6-20(23)16(21)3/h5-7,10-15,25H,8-9,24H2,1-4H3,(H2,26,27,29)/b18-14-. The second-order valence-corrected chi connectivity index (χ2v) is 7.69. The number of urea groups is 1. The summed E-state index contributed by atoms with van der Waals surface area (Å²) in [5, 5.41) is 11.0. The molecule has 0 saturated heterocycles. The third kappa shape index (κ3) is 7.00. The molecule has 5 N–H and O–H groups in total. The third-order valence-electron chi connectivity index (χ3n) is 4.55. The quantitative estimate of drug-likeness (QED) is 0.340. The van der Waals surface area contributed by atoms with Crippen LogP contribution in [0.3, 0.4) is 0 Å². The number of rotatable bonds is 8. The summed E-state index contributed by atoms with van der Waals surface area (Å²) in [6.07, 6.45) is 3.91. The Labute approximate surface area is 178 Å². The predicted molar refractivity (Wildman–Crippen MR) is 123 cm³/mol.